The molecule has 6 nitrogen and oxygen atoms in total. The summed E-state index contributed by atoms with van der Waals surface area (Å²) in [4.78, 5) is 35.2. The number of aryl methyl sites for hydroxylation is 1. The molecule has 1 unspecified atom stereocenters. The zero-order chi connectivity index (χ0) is 23.5. The van der Waals surface area contributed by atoms with E-state index in [0.29, 0.717) is 26.1 Å². The molecule has 0 bridgehead atoms. The highest BCUT2D eigenvalue weighted by Crippen LogP contribution is 2.29. The van der Waals surface area contributed by atoms with Crippen molar-refractivity contribution in [1.29, 1.82) is 0 Å². The number of amides is 2. The monoisotopic (exact) mass is 475 g/mol. The second kappa shape index (κ2) is 9.97. The number of benzene rings is 2. The molecule has 176 valence electrons. The third-order valence-electron chi connectivity index (χ3n) is 6.76. The summed E-state index contributed by atoms with van der Waals surface area (Å²) in [5.74, 6) is 0.108. The summed E-state index contributed by atoms with van der Waals surface area (Å²) < 4.78 is 5.41. The Morgan fingerprint density at radius 2 is 1.74 bits per heavy atom. The van der Waals surface area contributed by atoms with Gasteiger partial charge in [-0.1, -0.05) is 60.7 Å². The largest absolute Gasteiger partial charge is 0.447 e. The van der Waals surface area contributed by atoms with E-state index in [0.717, 1.165) is 40.4 Å². The Kier molecular flexibility index (Phi) is 6.63. The van der Waals surface area contributed by atoms with Crippen LogP contribution in [0.15, 0.2) is 60.7 Å². The maximum Gasteiger partial charge on any atom is 0.410 e. The van der Waals surface area contributed by atoms with Crippen LogP contribution in [0.25, 0.3) is 10.6 Å². The first-order valence-corrected chi connectivity index (χ1v) is 12.7. The van der Waals surface area contributed by atoms with Crippen LogP contribution in [-0.2, 0) is 22.4 Å². The van der Waals surface area contributed by atoms with Gasteiger partial charge in [0.2, 0.25) is 5.91 Å². The molecule has 2 aromatic carbocycles. The van der Waals surface area contributed by atoms with Crippen LogP contribution in [0.5, 0.6) is 0 Å². The number of hydrogen-bond donors (Lipinski definition) is 0. The average molecular weight is 476 g/mol. The number of carbonyl (C=O) groups is 2. The minimum absolute atomic E-state index is 0.0521. The van der Waals surface area contributed by atoms with Crippen LogP contribution in [0.2, 0.25) is 0 Å². The maximum absolute atomic E-state index is 13.0. The third kappa shape index (κ3) is 4.85. The van der Waals surface area contributed by atoms with Crippen molar-refractivity contribution in [3.8, 4) is 10.6 Å². The van der Waals surface area contributed by atoms with Crippen LogP contribution in [0, 0.1) is 6.92 Å². The summed E-state index contributed by atoms with van der Waals surface area (Å²) in [6.07, 6.45) is 2.44. The molecule has 1 atom stereocenters. The fourth-order valence-electron chi connectivity index (χ4n) is 4.91. The number of piperidine rings is 1. The van der Waals surface area contributed by atoms with E-state index < -0.39 is 0 Å². The second-order valence-corrected chi connectivity index (χ2v) is 10.2. The van der Waals surface area contributed by atoms with Gasteiger partial charge in [-0.25, -0.2) is 9.78 Å². The molecule has 3 heterocycles. The van der Waals surface area contributed by atoms with Crippen molar-refractivity contribution in [2.24, 2.45) is 0 Å². The van der Waals surface area contributed by atoms with Gasteiger partial charge in [-0.15, -0.1) is 11.3 Å². The summed E-state index contributed by atoms with van der Waals surface area (Å²) in [5, 5.41) is 0.955. The summed E-state index contributed by atoms with van der Waals surface area (Å²) >= 11 is 1.63. The lowest BCUT2D eigenvalue weighted by molar-refractivity contribution is -0.132. The predicted molar refractivity (Wildman–Crippen MR) is 133 cm³/mol. The molecule has 0 spiro atoms. The lowest BCUT2D eigenvalue weighted by atomic mass is 9.99. The Balaban J connectivity index is 1.18. The molecular weight excluding hydrogens is 446 g/mol. The van der Waals surface area contributed by atoms with Gasteiger partial charge in [0.05, 0.1) is 18.2 Å². The number of nitrogens with zero attached hydrogens (tertiary/aromatic N) is 3. The molecule has 2 saturated heterocycles. The second-order valence-electron chi connectivity index (χ2n) is 9.00. The molecule has 0 N–H and O–H groups in total. The van der Waals surface area contributed by atoms with Crippen molar-refractivity contribution in [1.82, 2.24) is 14.8 Å². The number of ether oxygens (including phenoxy) is 1. The number of thiazole rings is 1. The molecule has 2 aliphatic heterocycles. The van der Waals surface area contributed by atoms with E-state index in [1.807, 2.05) is 65.3 Å². The first-order chi connectivity index (χ1) is 16.6. The minimum atomic E-state index is -0.225. The lowest BCUT2D eigenvalue weighted by Crippen LogP contribution is -2.50. The summed E-state index contributed by atoms with van der Waals surface area (Å²) in [6.45, 7) is 3.77. The fourth-order valence-corrected chi connectivity index (χ4v) is 5.84. The van der Waals surface area contributed by atoms with E-state index in [9.17, 15) is 9.59 Å². The van der Waals surface area contributed by atoms with Gasteiger partial charge in [0, 0.05) is 29.6 Å². The van der Waals surface area contributed by atoms with Crippen molar-refractivity contribution in [2.45, 2.75) is 44.7 Å². The van der Waals surface area contributed by atoms with Gasteiger partial charge in [0.1, 0.15) is 11.6 Å². The predicted octanol–water partition coefficient (Wildman–Crippen LogP) is 4.72. The molecule has 34 heavy (non-hydrogen) atoms. The molecule has 0 aliphatic carbocycles. The zero-order valence-electron chi connectivity index (χ0n) is 19.4. The zero-order valence-corrected chi connectivity index (χ0v) is 20.2. The molecule has 0 saturated carbocycles. The first-order valence-electron chi connectivity index (χ1n) is 11.9. The molecule has 1 aromatic heterocycles. The number of likely N-dealkylation sites (tertiary alicyclic amines) is 1. The Hall–Kier alpha value is -3.19. The van der Waals surface area contributed by atoms with Crippen molar-refractivity contribution in [2.75, 3.05) is 19.7 Å². The van der Waals surface area contributed by atoms with E-state index in [1.54, 1.807) is 11.3 Å². The van der Waals surface area contributed by atoms with Crippen LogP contribution in [0.1, 0.15) is 29.0 Å². The Morgan fingerprint density at radius 3 is 2.44 bits per heavy atom. The third-order valence-corrected chi connectivity index (χ3v) is 7.82. The van der Waals surface area contributed by atoms with Crippen molar-refractivity contribution in [3.05, 3.63) is 76.8 Å². The van der Waals surface area contributed by atoms with Gasteiger partial charge in [-0.05, 0) is 31.7 Å². The van der Waals surface area contributed by atoms with Gasteiger partial charge < -0.3 is 9.64 Å². The SMILES string of the molecule is Cc1sc(-c2ccccc2)nc1CC(=O)N1CCC(N2C(=O)OCC2Cc2ccccc2)CC1. The molecule has 2 aliphatic rings. The molecule has 0 radical (unpaired) electrons. The van der Waals surface area contributed by atoms with E-state index in [1.165, 1.54) is 5.56 Å². The van der Waals surface area contributed by atoms with Gasteiger partial charge >= 0.3 is 6.09 Å². The highest BCUT2D eigenvalue weighted by molar-refractivity contribution is 7.15. The van der Waals surface area contributed by atoms with Gasteiger partial charge in [-0.2, -0.15) is 0 Å². The van der Waals surface area contributed by atoms with E-state index in [2.05, 4.69) is 12.1 Å². The molecule has 2 fully saturated rings. The quantitative estimate of drug-likeness (QED) is 0.518. The van der Waals surface area contributed by atoms with E-state index in [-0.39, 0.29) is 24.1 Å². The van der Waals surface area contributed by atoms with E-state index in [4.69, 9.17) is 9.72 Å². The Bertz CT molecular complexity index is 1140. The Labute approximate surface area is 204 Å². The average Bonchev–Trinajstić information content (AvgIpc) is 3.42. The smallest absolute Gasteiger partial charge is 0.410 e. The number of carbonyl (C=O) groups excluding carboxylic acids is 2. The molecule has 5 rings (SSSR count). The van der Waals surface area contributed by atoms with Gasteiger partial charge in [0.15, 0.2) is 0 Å². The number of hydrogen-bond acceptors (Lipinski definition) is 5. The molecule has 2 amide bonds. The molecule has 7 heteroatoms. The summed E-state index contributed by atoms with van der Waals surface area (Å²) in [6, 6.07) is 20.5. The van der Waals surface area contributed by atoms with Crippen LogP contribution >= 0.6 is 11.3 Å². The highest BCUT2D eigenvalue weighted by Gasteiger charge is 2.39. The minimum Gasteiger partial charge on any atom is -0.447 e. The van der Waals surface area contributed by atoms with Crippen LogP contribution in [0.4, 0.5) is 4.79 Å². The number of rotatable bonds is 6. The van der Waals surface area contributed by atoms with Gasteiger partial charge in [-0.3, -0.25) is 9.69 Å². The summed E-state index contributed by atoms with van der Waals surface area (Å²) in [7, 11) is 0. The number of cyclic esters (lactones) is 1. The fraction of sp³-hybridized carbons (Fsp3) is 0.370. The Morgan fingerprint density at radius 1 is 1.06 bits per heavy atom. The van der Waals surface area contributed by atoms with Crippen LogP contribution < -0.4 is 0 Å². The van der Waals surface area contributed by atoms with Crippen LogP contribution in [-0.4, -0.2) is 58.6 Å². The maximum atomic E-state index is 13.0. The summed E-state index contributed by atoms with van der Waals surface area (Å²) in [5.41, 5.74) is 3.15. The van der Waals surface area contributed by atoms with Gasteiger partial charge in [0.25, 0.3) is 0 Å². The normalized spacial score (nSPS) is 18.9. The highest BCUT2D eigenvalue weighted by atomic mass is 32.1. The standard InChI is InChI=1S/C27H29N3O3S/c1-19-24(28-26(34-19)21-10-6-3-7-11-21)17-25(31)29-14-12-22(13-15-29)30-23(18-33-27(30)32)16-20-8-4-2-5-9-20/h2-11,22-23H,12-18H2,1H3. The van der Waals surface area contributed by atoms with E-state index >= 15 is 0 Å². The molecular formula is C27H29N3O3S. The molecule has 3 aromatic rings. The van der Waals surface area contributed by atoms with Crippen LogP contribution in [0.3, 0.4) is 0 Å². The first kappa shape index (κ1) is 22.6. The van der Waals surface area contributed by atoms with Crippen molar-refractivity contribution >= 4 is 23.3 Å². The van der Waals surface area contributed by atoms with Crippen molar-refractivity contribution in [3.63, 3.8) is 0 Å². The van der Waals surface area contributed by atoms with Crippen molar-refractivity contribution < 1.29 is 14.3 Å². The lowest BCUT2D eigenvalue weighted by Gasteiger charge is -2.38. The topological polar surface area (TPSA) is 62.7 Å². The number of aromatic nitrogens is 1.